The van der Waals surface area contributed by atoms with Gasteiger partial charge in [-0.3, -0.25) is 4.79 Å². The summed E-state index contributed by atoms with van der Waals surface area (Å²) in [5.74, 6) is 1.30. The molecule has 0 radical (unpaired) electrons. The van der Waals surface area contributed by atoms with Gasteiger partial charge in [0.05, 0.1) is 6.61 Å². The summed E-state index contributed by atoms with van der Waals surface area (Å²) in [5, 5.41) is 1.49. The maximum atomic E-state index is 12.5. The van der Waals surface area contributed by atoms with E-state index in [0.717, 1.165) is 32.3 Å². The number of alkyl halides is 1. The molecule has 0 bridgehead atoms. The van der Waals surface area contributed by atoms with Crippen LogP contribution in [0.15, 0.2) is 47.3 Å². The van der Waals surface area contributed by atoms with Crippen molar-refractivity contribution in [1.82, 2.24) is 0 Å². The van der Waals surface area contributed by atoms with Gasteiger partial charge >= 0.3 is 0 Å². The van der Waals surface area contributed by atoms with E-state index in [2.05, 4.69) is 0 Å². The van der Waals surface area contributed by atoms with E-state index in [0.29, 0.717) is 12.5 Å². The molecule has 0 amide bonds. The van der Waals surface area contributed by atoms with Crippen LogP contribution in [0, 0.1) is 0 Å². The molecule has 20 heavy (non-hydrogen) atoms. The molecule has 2 aromatic carbocycles. The van der Waals surface area contributed by atoms with Crippen LogP contribution >= 0.6 is 22.9 Å². The lowest BCUT2D eigenvalue weighted by atomic mass is 10.2. The Morgan fingerprint density at radius 3 is 2.70 bits per heavy atom. The molecule has 0 spiro atoms. The van der Waals surface area contributed by atoms with E-state index >= 15 is 0 Å². The SMILES string of the molecule is O=c1c2ccccc2sc2ccc(OCCCCl)cc12. The quantitative estimate of drug-likeness (QED) is 0.405. The molecule has 0 unspecified atom stereocenters. The zero-order valence-electron chi connectivity index (χ0n) is 10.8. The molecule has 1 heterocycles. The standard InChI is InChI=1S/C16H13ClO2S/c17-8-3-9-19-11-6-7-15-13(10-11)16(18)12-4-1-2-5-14(12)20-15/h1-2,4-7,10H,3,8-9H2. The van der Waals surface area contributed by atoms with E-state index in [9.17, 15) is 4.79 Å². The molecule has 1 aromatic heterocycles. The summed E-state index contributed by atoms with van der Waals surface area (Å²) in [6.45, 7) is 0.570. The molecule has 0 aliphatic carbocycles. The zero-order valence-corrected chi connectivity index (χ0v) is 12.3. The summed E-state index contributed by atoms with van der Waals surface area (Å²) in [7, 11) is 0. The maximum absolute atomic E-state index is 12.5. The molecule has 0 aliphatic rings. The predicted molar refractivity (Wildman–Crippen MR) is 86.4 cm³/mol. The van der Waals surface area contributed by atoms with Crippen molar-refractivity contribution in [2.75, 3.05) is 12.5 Å². The largest absolute Gasteiger partial charge is 0.494 e. The Hall–Kier alpha value is -1.58. The molecular formula is C16H13ClO2S. The molecule has 3 aromatic rings. The number of halogens is 1. The summed E-state index contributed by atoms with van der Waals surface area (Å²) >= 11 is 7.25. The van der Waals surface area contributed by atoms with Crippen molar-refractivity contribution in [1.29, 1.82) is 0 Å². The minimum Gasteiger partial charge on any atom is -0.494 e. The van der Waals surface area contributed by atoms with Gasteiger partial charge in [-0.15, -0.1) is 22.9 Å². The Morgan fingerprint density at radius 1 is 1.05 bits per heavy atom. The van der Waals surface area contributed by atoms with Crippen LogP contribution in [0.3, 0.4) is 0 Å². The summed E-state index contributed by atoms with van der Waals surface area (Å²) in [4.78, 5) is 12.5. The first-order valence-electron chi connectivity index (χ1n) is 6.44. The van der Waals surface area contributed by atoms with Gasteiger partial charge in [0, 0.05) is 26.1 Å². The number of fused-ring (bicyclic) bond motifs is 2. The first-order valence-corrected chi connectivity index (χ1v) is 7.79. The summed E-state index contributed by atoms with van der Waals surface area (Å²) in [6.07, 6.45) is 0.796. The van der Waals surface area contributed by atoms with Gasteiger partial charge < -0.3 is 4.74 Å². The Morgan fingerprint density at radius 2 is 1.85 bits per heavy atom. The van der Waals surface area contributed by atoms with Gasteiger partial charge in [0.25, 0.3) is 0 Å². The fourth-order valence-electron chi connectivity index (χ4n) is 2.12. The van der Waals surface area contributed by atoms with E-state index in [1.807, 2.05) is 42.5 Å². The topological polar surface area (TPSA) is 26.3 Å². The van der Waals surface area contributed by atoms with Crippen LogP contribution in [0.4, 0.5) is 0 Å². The third-order valence-corrected chi connectivity index (χ3v) is 4.51. The molecule has 0 aliphatic heterocycles. The van der Waals surface area contributed by atoms with Crippen LogP contribution in [-0.2, 0) is 0 Å². The van der Waals surface area contributed by atoms with E-state index in [1.165, 1.54) is 0 Å². The fraction of sp³-hybridized carbons (Fsp3) is 0.188. The summed E-state index contributed by atoms with van der Waals surface area (Å²) in [5.41, 5.74) is 0.0668. The molecule has 4 heteroatoms. The normalized spacial score (nSPS) is 11.1. The Kier molecular flexibility index (Phi) is 3.90. The van der Waals surface area contributed by atoms with Crippen LogP contribution in [0.5, 0.6) is 5.75 Å². The molecule has 0 saturated heterocycles. The lowest BCUT2D eigenvalue weighted by Gasteiger charge is -2.06. The highest BCUT2D eigenvalue weighted by Gasteiger charge is 2.06. The molecule has 102 valence electrons. The third-order valence-electron chi connectivity index (χ3n) is 3.09. The van der Waals surface area contributed by atoms with Gasteiger partial charge in [-0.25, -0.2) is 0 Å². The van der Waals surface area contributed by atoms with E-state index < -0.39 is 0 Å². The van der Waals surface area contributed by atoms with Gasteiger partial charge in [0.2, 0.25) is 0 Å². The van der Waals surface area contributed by atoms with Crippen LogP contribution in [0.2, 0.25) is 0 Å². The molecule has 0 N–H and O–H groups in total. The average Bonchev–Trinajstić information content (AvgIpc) is 2.48. The van der Waals surface area contributed by atoms with Crippen molar-refractivity contribution in [2.45, 2.75) is 6.42 Å². The minimum absolute atomic E-state index is 0.0668. The van der Waals surface area contributed by atoms with Crippen molar-refractivity contribution in [3.05, 3.63) is 52.7 Å². The molecule has 2 nitrogen and oxygen atoms in total. The van der Waals surface area contributed by atoms with Crippen LogP contribution in [0.25, 0.3) is 20.2 Å². The fourth-order valence-corrected chi connectivity index (χ4v) is 3.28. The number of benzene rings is 2. The first kappa shape index (κ1) is 13.4. The molecule has 0 saturated carbocycles. The van der Waals surface area contributed by atoms with E-state index in [4.69, 9.17) is 16.3 Å². The molecule has 0 atom stereocenters. The van der Waals surface area contributed by atoms with Gasteiger partial charge in [0.1, 0.15) is 5.75 Å². The minimum atomic E-state index is 0.0668. The molecule has 0 fully saturated rings. The van der Waals surface area contributed by atoms with Crippen LogP contribution in [-0.4, -0.2) is 12.5 Å². The third kappa shape index (κ3) is 2.51. The van der Waals surface area contributed by atoms with Crippen molar-refractivity contribution < 1.29 is 4.74 Å². The number of ether oxygens (including phenoxy) is 1. The molecule has 3 rings (SSSR count). The van der Waals surface area contributed by atoms with Gasteiger partial charge in [-0.1, -0.05) is 12.1 Å². The maximum Gasteiger partial charge on any atom is 0.196 e. The van der Waals surface area contributed by atoms with Crippen LogP contribution in [0.1, 0.15) is 6.42 Å². The van der Waals surface area contributed by atoms with Crippen molar-refractivity contribution in [3.63, 3.8) is 0 Å². The second kappa shape index (κ2) is 5.81. The van der Waals surface area contributed by atoms with Gasteiger partial charge in [0.15, 0.2) is 5.43 Å². The number of hydrogen-bond donors (Lipinski definition) is 0. The van der Waals surface area contributed by atoms with Crippen molar-refractivity contribution in [3.8, 4) is 5.75 Å². The second-order valence-corrected chi connectivity index (χ2v) is 5.94. The smallest absolute Gasteiger partial charge is 0.196 e. The monoisotopic (exact) mass is 304 g/mol. The Bertz CT molecular complexity index is 810. The van der Waals surface area contributed by atoms with Gasteiger partial charge in [-0.2, -0.15) is 0 Å². The Labute approximate surface area is 125 Å². The van der Waals surface area contributed by atoms with Crippen molar-refractivity contribution >= 4 is 43.1 Å². The van der Waals surface area contributed by atoms with E-state index in [1.54, 1.807) is 11.3 Å². The highest BCUT2D eigenvalue weighted by molar-refractivity contribution is 7.24. The number of rotatable bonds is 4. The number of hydrogen-bond acceptors (Lipinski definition) is 3. The van der Waals surface area contributed by atoms with Crippen molar-refractivity contribution in [2.24, 2.45) is 0 Å². The predicted octanol–water partition coefficient (Wildman–Crippen LogP) is 4.42. The summed E-state index contributed by atoms with van der Waals surface area (Å²) in [6, 6.07) is 13.4. The first-order chi connectivity index (χ1) is 9.79. The molecular weight excluding hydrogens is 292 g/mol. The van der Waals surface area contributed by atoms with E-state index in [-0.39, 0.29) is 5.43 Å². The zero-order chi connectivity index (χ0) is 13.9. The Balaban J connectivity index is 2.11. The summed E-state index contributed by atoms with van der Waals surface area (Å²) < 4.78 is 7.60. The highest BCUT2D eigenvalue weighted by atomic mass is 35.5. The lowest BCUT2D eigenvalue weighted by Crippen LogP contribution is -2.02. The van der Waals surface area contributed by atoms with Gasteiger partial charge in [-0.05, 0) is 36.8 Å². The highest BCUT2D eigenvalue weighted by Crippen LogP contribution is 2.27. The average molecular weight is 305 g/mol. The lowest BCUT2D eigenvalue weighted by molar-refractivity contribution is 0.319. The van der Waals surface area contributed by atoms with Crippen LogP contribution < -0.4 is 10.2 Å². The second-order valence-electron chi connectivity index (χ2n) is 4.48.